The number of hydrogen-bond donors (Lipinski definition) is 0. The van der Waals surface area contributed by atoms with Crippen LogP contribution >= 0.6 is 0 Å². The molecule has 98 valence electrons. The molecular formula is C14H32OSi. The van der Waals surface area contributed by atoms with Gasteiger partial charge in [-0.25, -0.2) is 0 Å². The Labute approximate surface area is 104 Å². The van der Waals surface area contributed by atoms with Crippen molar-refractivity contribution in [3.63, 3.8) is 0 Å². The van der Waals surface area contributed by atoms with Crippen LogP contribution in [-0.4, -0.2) is 14.4 Å². The molecular weight excluding hydrogens is 212 g/mol. The summed E-state index contributed by atoms with van der Waals surface area (Å²) in [6.07, 6.45) is 9.97. The van der Waals surface area contributed by atoms with Crippen molar-refractivity contribution in [1.82, 2.24) is 0 Å². The van der Waals surface area contributed by atoms with Gasteiger partial charge in [0.05, 0.1) is 0 Å². The first-order chi connectivity index (χ1) is 7.52. The normalized spacial score (nSPS) is 14.1. The predicted molar refractivity (Wildman–Crippen MR) is 76.5 cm³/mol. The second-order valence-corrected chi connectivity index (χ2v) is 9.87. The molecule has 0 amide bonds. The molecule has 0 aliphatic carbocycles. The Bertz CT molecular complexity index is 157. The lowest BCUT2D eigenvalue weighted by atomic mass is 10.1. The van der Waals surface area contributed by atoms with E-state index in [-0.39, 0.29) is 0 Å². The monoisotopic (exact) mass is 244 g/mol. The molecule has 0 radical (unpaired) electrons. The van der Waals surface area contributed by atoms with Gasteiger partial charge in [0.15, 0.2) is 8.32 Å². The van der Waals surface area contributed by atoms with E-state index >= 15 is 0 Å². The third-order valence-corrected chi connectivity index (χ3v) is 5.83. The molecule has 0 aliphatic heterocycles. The zero-order valence-electron chi connectivity index (χ0n) is 12.1. The van der Waals surface area contributed by atoms with E-state index in [4.69, 9.17) is 4.43 Å². The standard InChI is InChI=1S/C14H32OSi/c1-6-8-9-10-11-12-13-16(4,5)15-14(3)7-2/h14H,6-13H2,1-5H3. The molecule has 2 heteroatoms. The van der Waals surface area contributed by atoms with E-state index < -0.39 is 8.32 Å². The van der Waals surface area contributed by atoms with Crippen LogP contribution in [0.5, 0.6) is 0 Å². The average Bonchev–Trinajstić information content (AvgIpc) is 2.22. The van der Waals surface area contributed by atoms with Crippen LogP contribution in [0.1, 0.15) is 65.7 Å². The molecule has 0 rings (SSSR count). The maximum absolute atomic E-state index is 6.15. The molecule has 0 aromatic rings. The van der Waals surface area contributed by atoms with E-state index in [0.717, 1.165) is 6.42 Å². The van der Waals surface area contributed by atoms with Gasteiger partial charge in [-0.3, -0.25) is 0 Å². The second kappa shape index (κ2) is 9.23. The molecule has 0 N–H and O–H groups in total. The first kappa shape index (κ1) is 16.2. The summed E-state index contributed by atoms with van der Waals surface area (Å²) in [5, 5.41) is 0. The van der Waals surface area contributed by atoms with Gasteiger partial charge < -0.3 is 4.43 Å². The minimum absolute atomic E-state index is 0.460. The first-order valence-corrected chi connectivity index (χ1v) is 10.3. The van der Waals surface area contributed by atoms with Crippen molar-refractivity contribution in [1.29, 1.82) is 0 Å². The van der Waals surface area contributed by atoms with Gasteiger partial charge in [0, 0.05) is 6.10 Å². The highest BCUT2D eigenvalue weighted by molar-refractivity contribution is 6.71. The highest BCUT2D eigenvalue weighted by Crippen LogP contribution is 2.19. The molecule has 0 aromatic heterocycles. The van der Waals surface area contributed by atoms with E-state index in [1.807, 2.05) is 0 Å². The molecule has 1 nitrogen and oxygen atoms in total. The molecule has 0 fully saturated rings. The summed E-state index contributed by atoms with van der Waals surface area (Å²) in [6.45, 7) is 11.4. The summed E-state index contributed by atoms with van der Waals surface area (Å²) < 4.78 is 6.15. The van der Waals surface area contributed by atoms with E-state index in [9.17, 15) is 0 Å². The Balaban J connectivity index is 3.50. The maximum Gasteiger partial charge on any atom is 0.187 e. The quantitative estimate of drug-likeness (QED) is 0.371. The second-order valence-electron chi connectivity index (χ2n) is 5.61. The van der Waals surface area contributed by atoms with E-state index in [0.29, 0.717) is 6.10 Å². The van der Waals surface area contributed by atoms with Gasteiger partial charge in [-0.2, -0.15) is 0 Å². The van der Waals surface area contributed by atoms with Gasteiger partial charge in [-0.15, -0.1) is 0 Å². The molecule has 0 saturated carbocycles. The summed E-state index contributed by atoms with van der Waals surface area (Å²) in [5.74, 6) is 0. The van der Waals surface area contributed by atoms with Gasteiger partial charge in [0.2, 0.25) is 0 Å². The average molecular weight is 244 g/mol. The van der Waals surface area contributed by atoms with Crippen molar-refractivity contribution in [3.05, 3.63) is 0 Å². The van der Waals surface area contributed by atoms with E-state index in [1.165, 1.54) is 44.6 Å². The molecule has 0 saturated heterocycles. The summed E-state index contributed by atoms with van der Waals surface area (Å²) in [7, 11) is -1.36. The summed E-state index contributed by atoms with van der Waals surface area (Å²) in [5.41, 5.74) is 0. The third kappa shape index (κ3) is 9.41. The summed E-state index contributed by atoms with van der Waals surface area (Å²) in [6, 6.07) is 1.34. The Morgan fingerprint density at radius 3 is 2.06 bits per heavy atom. The summed E-state index contributed by atoms with van der Waals surface area (Å²) >= 11 is 0. The van der Waals surface area contributed by atoms with Crippen molar-refractivity contribution in [2.24, 2.45) is 0 Å². The smallest absolute Gasteiger partial charge is 0.187 e. The minimum atomic E-state index is -1.36. The fourth-order valence-electron chi connectivity index (χ4n) is 2.02. The molecule has 0 bridgehead atoms. The first-order valence-electron chi connectivity index (χ1n) is 7.19. The van der Waals surface area contributed by atoms with Gasteiger partial charge in [0.1, 0.15) is 0 Å². The predicted octanol–water partition coefficient (Wildman–Crippen LogP) is 5.37. The van der Waals surface area contributed by atoms with Crippen LogP contribution in [0.4, 0.5) is 0 Å². The number of hydrogen-bond acceptors (Lipinski definition) is 1. The minimum Gasteiger partial charge on any atom is -0.415 e. The van der Waals surface area contributed by atoms with Crippen molar-refractivity contribution in [2.45, 2.75) is 91.0 Å². The van der Waals surface area contributed by atoms with Crippen molar-refractivity contribution >= 4 is 8.32 Å². The molecule has 0 aromatic carbocycles. The topological polar surface area (TPSA) is 9.23 Å². The van der Waals surface area contributed by atoms with Crippen molar-refractivity contribution in [3.8, 4) is 0 Å². The fraction of sp³-hybridized carbons (Fsp3) is 1.00. The molecule has 1 atom stereocenters. The maximum atomic E-state index is 6.15. The Kier molecular flexibility index (Phi) is 9.33. The lowest BCUT2D eigenvalue weighted by Crippen LogP contribution is -2.33. The molecule has 0 spiro atoms. The Hall–Kier alpha value is 0.177. The fourth-order valence-corrected chi connectivity index (χ4v) is 4.49. The Morgan fingerprint density at radius 1 is 0.938 bits per heavy atom. The van der Waals surface area contributed by atoms with Crippen LogP contribution in [-0.2, 0) is 4.43 Å². The van der Waals surface area contributed by atoms with Crippen LogP contribution in [0, 0.1) is 0 Å². The highest BCUT2D eigenvalue weighted by atomic mass is 28.4. The van der Waals surface area contributed by atoms with Gasteiger partial charge in [-0.05, 0) is 32.5 Å². The molecule has 0 aliphatic rings. The largest absolute Gasteiger partial charge is 0.415 e. The van der Waals surface area contributed by atoms with Gasteiger partial charge in [0.25, 0.3) is 0 Å². The SMILES string of the molecule is CCCCCCCC[Si](C)(C)OC(C)CC. The lowest BCUT2D eigenvalue weighted by molar-refractivity contribution is 0.206. The van der Waals surface area contributed by atoms with E-state index in [2.05, 4.69) is 33.9 Å². The summed E-state index contributed by atoms with van der Waals surface area (Å²) in [4.78, 5) is 0. The lowest BCUT2D eigenvalue weighted by Gasteiger charge is -2.26. The number of rotatable bonds is 10. The van der Waals surface area contributed by atoms with Crippen molar-refractivity contribution in [2.75, 3.05) is 0 Å². The molecule has 0 heterocycles. The zero-order chi connectivity index (χ0) is 12.4. The molecule has 1 unspecified atom stereocenters. The van der Waals surface area contributed by atoms with Crippen LogP contribution in [0.2, 0.25) is 19.1 Å². The zero-order valence-corrected chi connectivity index (χ0v) is 13.1. The third-order valence-electron chi connectivity index (χ3n) is 3.23. The van der Waals surface area contributed by atoms with Crippen LogP contribution in [0.3, 0.4) is 0 Å². The number of unbranched alkanes of at least 4 members (excludes halogenated alkanes) is 5. The highest BCUT2D eigenvalue weighted by Gasteiger charge is 2.23. The van der Waals surface area contributed by atoms with Crippen LogP contribution in [0.25, 0.3) is 0 Å². The van der Waals surface area contributed by atoms with Crippen LogP contribution < -0.4 is 0 Å². The van der Waals surface area contributed by atoms with Gasteiger partial charge >= 0.3 is 0 Å². The molecule has 16 heavy (non-hydrogen) atoms. The van der Waals surface area contributed by atoms with Gasteiger partial charge in [-0.1, -0.05) is 52.4 Å². The van der Waals surface area contributed by atoms with Crippen LogP contribution in [0.15, 0.2) is 0 Å². The Morgan fingerprint density at radius 2 is 1.50 bits per heavy atom. The van der Waals surface area contributed by atoms with E-state index in [1.54, 1.807) is 0 Å². The van der Waals surface area contributed by atoms with Crippen molar-refractivity contribution < 1.29 is 4.43 Å².